The number of hydrogen-bond acceptors (Lipinski definition) is 3. The number of amides is 1. The minimum Gasteiger partial charge on any atom is -0.444 e. The highest BCUT2D eigenvalue weighted by Crippen LogP contribution is 2.30. The van der Waals surface area contributed by atoms with Gasteiger partial charge in [0.25, 0.3) is 0 Å². The molecule has 0 heterocycles. The van der Waals surface area contributed by atoms with Crippen LogP contribution in [0.5, 0.6) is 0 Å². The third-order valence-electron chi connectivity index (χ3n) is 2.62. The number of halogens is 2. The summed E-state index contributed by atoms with van der Waals surface area (Å²) in [5, 5.41) is 11.7. The van der Waals surface area contributed by atoms with Crippen LogP contribution in [-0.4, -0.2) is 6.09 Å². The maximum Gasteiger partial charge on any atom is 0.412 e. The fraction of sp³-hybridized carbons (Fsp3) is 0.0667. The van der Waals surface area contributed by atoms with E-state index in [-0.39, 0.29) is 6.61 Å². The first-order chi connectivity index (χ1) is 10.1. The van der Waals surface area contributed by atoms with E-state index < -0.39 is 6.09 Å². The van der Waals surface area contributed by atoms with Crippen LogP contribution in [0.2, 0.25) is 0 Å². The molecule has 21 heavy (non-hydrogen) atoms. The fourth-order valence-electron chi connectivity index (χ4n) is 1.65. The number of ether oxygens (including phenoxy) is 1. The average molecular weight is 410 g/mol. The quantitative estimate of drug-likeness (QED) is 0.789. The lowest BCUT2D eigenvalue weighted by Crippen LogP contribution is -2.14. The second kappa shape index (κ2) is 7.25. The van der Waals surface area contributed by atoms with Crippen molar-refractivity contribution >= 4 is 43.6 Å². The Hall–Kier alpha value is -1.84. The molecule has 0 aliphatic heterocycles. The molecular formula is C15H10Br2N2O2. The van der Waals surface area contributed by atoms with Gasteiger partial charge in [0.15, 0.2) is 0 Å². The number of carbonyl (C=O) groups is 1. The first-order valence-corrected chi connectivity index (χ1v) is 7.55. The summed E-state index contributed by atoms with van der Waals surface area (Å²) >= 11 is 6.60. The lowest BCUT2D eigenvalue weighted by molar-refractivity contribution is 0.155. The van der Waals surface area contributed by atoms with E-state index in [4.69, 9.17) is 10.00 Å². The Morgan fingerprint density at radius 2 is 1.95 bits per heavy atom. The fourth-order valence-corrected chi connectivity index (χ4v) is 2.97. The molecule has 2 aromatic rings. The summed E-state index contributed by atoms with van der Waals surface area (Å²) in [7, 11) is 0. The van der Waals surface area contributed by atoms with Crippen LogP contribution < -0.4 is 5.32 Å². The molecule has 4 nitrogen and oxygen atoms in total. The van der Waals surface area contributed by atoms with Gasteiger partial charge in [0, 0.05) is 8.95 Å². The van der Waals surface area contributed by atoms with E-state index in [9.17, 15) is 4.79 Å². The predicted molar refractivity (Wildman–Crippen MR) is 86.8 cm³/mol. The average Bonchev–Trinajstić information content (AvgIpc) is 2.48. The summed E-state index contributed by atoms with van der Waals surface area (Å²) < 4.78 is 6.47. The van der Waals surface area contributed by atoms with Crippen molar-refractivity contribution in [1.82, 2.24) is 0 Å². The van der Waals surface area contributed by atoms with Gasteiger partial charge in [-0.3, -0.25) is 5.32 Å². The number of hydrogen-bond donors (Lipinski definition) is 1. The highest BCUT2D eigenvalue weighted by molar-refractivity contribution is 9.11. The Kier molecular flexibility index (Phi) is 5.37. The van der Waals surface area contributed by atoms with Crippen molar-refractivity contribution in [3.8, 4) is 6.07 Å². The van der Waals surface area contributed by atoms with E-state index in [1.54, 1.807) is 12.1 Å². The monoisotopic (exact) mass is 408 g/mol. The maximum atomic E-state index is 11.8. The number of nitrogens with zero attached hydrogens (tertiary/aromatic N) is 1. The van der Waals surface area contributed by atoms with E-state index in [1.165, 1.54) is 0 Å². The SMILES string of the molecule is N#Cc1cc(Br)cc(Br)c1NC(=O)OCc1ccccc1. The van der Waals surface area contributed by atoms with Crippen molar-refractivity contribution < 1.29 is 9.53 Å². The van der Waals surface area contributed by atoms with Crippen molar-refractivity contribution in [3.05, 3.63) is 62.5 Å². The molecule has 0 aliphatic rings. The largest absolute Gasteiger partial charge is 0.444 e. The van der Waals surface area contributed by atoms with E-state index in [2.05, 4.69) is 37.2 Å². The number of rotatable bonds is 3. The standard InChI is InChI=1S/C15H10Br2N2O2/c16-12-6-11(8-18)14(13(17)7-12)19-15(20)21-9-10-4-2-1-3-5-10/h1-7H,9H2,(H,19,20). The molecule has 0 atom stereocenters. The molecule has 0 aliphatic carbocycles. The normalized spacial score (nSPS) is 9.76. The first-order valence-electron chi connectivity index (χ1n) is 5.97. The molecule has 6 heteroatoms. The lowest BCUT2D eigenvalue weighted by Gasteiger charge is -2.10. The molecule has 2 rings (SSSR count). The predicted octanol–water partition coefficient (Wildman–Crippen LogP) is 4.83. The zero-order valence-corrected chi connectivity index (χ0v) is 13.9. The van der Waals surface area contributed by atoms with Crippen molar-refractivity contribution in [2.45, 2.75) is 6.61 Å². The van der Waals surface area contributed by atoms with Crippen molar-refractivity contribution in [1.29, 1.82) is 5.26 Å². The number of nitriles is 1. The van der Waals surface area contributed by atoms with Crippen LogP contribution in [0.3, 0.4) is 0 Å². The van der Waals surface area contributed by atoms with Gasteiger partial charge in [0.1, 0.15) is 12.7 Å². The minimum absolute atomic E-state index is 0.169. The zero-order valence-electron chi connectivity index (χ0n) is 10.8. The summed E-state index contributed by atoms with van der Waals surface area (Å²) in [6.07, 6.45) is -0.613. The summed E-state index contributed by atoms with van der Waals surface area (Å²) in [6, 6.07) is 14.8. The van der Waals surface area contributed by atoms with E-state index >= 15 is 0 Å². The Labute approximate surface area is 139 Å². The van der Waals surface area contributed by atoms with Gasteiger partial charge in [-0.2, -0.15) is 5.26 Å². The molecule has 1 N–H and O–H groups in total. The Morgan fingerprint density at radius 1 is 1.24 bits per heavy atom. The van der Waals surface area contributed by atoms with Crippen LogP contribution >= 0.6 is 31.9 Å². The van der Waals surface area contributed by atoms with Gasteiger partial charge in [-0.05, 0) is 33.6 Å². The van der Waals surface area contributed by atoms with E-state index in [0.29, 0.717) is 15.7 Å². The van der Waals surface area contributed by atoms with Crippen LogP contribution in [0.25, 0.3) is 0 Å². The molecule has 0 bridgehead atoms. The molecule has 0 unspecified atom stereocenters. The third-order valence-corrected chi connectivity index (χ3v) is 3.70. The molecule has 2 aromatic carbocycles. The van der Waals surface area contributed by atoms with Gasteiger partial charge in [-0.15, -0.1) is 0 Å². The summed E-state index contributed by atoms with van der Waals surface area (Å²) in [5.74, 6) is 0. The van der Waals surface area contributed by atoms with Crippen molar-refractivity contribution in [3.63, 3.8) is 0 Å². The molecule has 106 valence electrons. The molecule has 0 aromatic heterocycles. The molecular weight excluding hydrogens is 400 g/mol. The van der Waals surface area contributed by atoms with E-state index in [0.717, 1.165) is 10.0 Å². The Balaban J connectivity index is 2.05. The molecule has 0 saturated heterocycles. The van der Waals surface area contributed by atoms with Gasteiger partial charge in [-0.1, -0.05) is 46.3 Å². The van der Waals surface area contributed by atoms with Crippen LogP contribution in [-0.2, 0) is 11.3 Å². The lowest BCUT2D eigenvalue weighted by atomic mass is 10.2. The summed E-state index contributed by atoms with van der Waals surface area (Å²) in [4.78, 5) is 11.8. The molecule has 0 saturated carbocycles. The van der Waals surface area contributed by atoms with Gasteiger partial charge >= 0.3 is 6.09 Å². The first kappa shape index (κ1) is 15.5. The highest BCUT2D eigenvalue weighted by Gasteiger charge is 2.12. The van der Waals surface area contributed by atoms with Crippen LogP contribution in [0, 0.1) is 11.3 Å². The molecule has 1 amide bonds. The molecule has 0 spiro atoms. The van der Waals surface area contributed by atoms with E-state index in [1.807, 2.05) is 36.4 Å². The van der Waals surface area contributed by atoms with Gasteiger partial charge in [0.05, 0.1) is 11.3 Å². The number of carbonyl (C=O) groups excluding carboxylic acids is 1. The maximum absolute atomic E-state index is 11.8. The van der Waals surface area contributed by atoms with Crippen molar-refractivity contribution in [2.24, 2.45) is 0 Å². The Bertz CT molecular complexity index is 697. The zero-order chi connectivity index (χ0) is 15.2. The number of anilines is 1. The second-order valence-corrected chi connectivity index (χ2v) is 5.88. The van der Waals surface area contributed by atoms with Gasteiger partial charge in [-0.25, -0.2) is 4.79 Å². The Morgan fingerprint density at radius 3 is 2.62 bits per heavy atom. The van der Waals surface area contributed by atoms with Crippen LogP contribution in [0.15, 0.2) is 51.4 Å². The number of benzene rings is 2. The number of nitrogens with one attached hydrogen (secondary N) is 1. The third kappa shape index (κ3) is 4.31. The van der Waals surface area contributed by atoms with Gasteiger partial charge < -0.3 is 4.74 Å². The van der Waals surface area contributed by atoms with Crippen molar-refractivity contribution in [2.75, 3.05) is 5.32 Å². The topological polar surface area (TPSA) is 62.1 Å². The summed E-state index contributed by atoms with van der Waals surface area (Å²) in [5.41, 5.74) is 1.62. The van der Waals surface area contributed by atoms with Gasteiger partial charge in [0.2, 0.25) is 0 Å². The smallest absolute Gasteiger partial charge is 0.412 e. The molecule has 0 radical (unpaired) electrons. The second-order valence-electron chi connectivity index (χ2n) is 4.11. The summed E-state index contributed by atoms with van der Waals surface area (Å²) in [6.45, 7) is 0.169. The molecule has 0 fully saturated rings. The highest BCUT2D eigenvalue weighted by atomic mass is 79.9. The minimum atomic E-state index is -0.613. The van der Waals surface area contributed by atoms with Crippen LogP contribution in [0.4, 0.5) is 10.5 Å². The van der Waals surface area contributed by atoms with Crippen LogP contribution in [0.1, 0.15) is 11.1 Å².